The summed E-state index contributed by atoms with van der Waals surface area (Å²) in [5.41, 5.74) is 3.86. The normalized spacial score (nSPS) is 15.6. The number of amides is 2. The van der Waals surface area contributed by atoms with Crippen LogP contribution in [-0.2, 0) is 4.79 Å². The van der Waals surface area contributed by atoms with Gasteiger partial charge in [-0.3, -0.25) is 9.59 Å². The topological polar surface area (TPSA) is 125 Å². The second kappa shape index (κ2) is 11.9. The van der Waals surface area contributed by atoms with E-state index in [1.165, 1.54) is 23.6 Å². The molecule has 2 amide bonds. The molecular weight excluding hydrogens is 588 g/mol. The highest BCUT2D eigenvalue weighted by atomic mass is 35.5. The number of thiazole rings is 1. The summed E-state index contributed by atoms with van der Waals surface area (Å²) in [5.74, 6) is 1.48. The summed E-state index contributed by atoms with van der Waals surface area (Å²) in [4.78, 5) is 43.5. The zero-order valence-corrected chi connectivity index (χ0v) is 25.1. The summed E-state index contributed by atoms with van der Waals surface area (Å²) in [5, 5.41) is 10.5. The van der Waals surface area contributed by atoms with Crippen LogP contribution in [0.5, 0.6) is 5.75 Å². The molecule has 0 bridgehead atoms. The van der Waals surface area contributed by atoms with E-state index in [0.717, 1.165) is 22.6 Å². The van der Waals surface area contributed by atoms with Gasteiger partial charge in [0.1, 0.15) is 4.88 Å². The average Bonchev–Trinajstić information content (AvgIpc) is 3.50. The van der Waals surface area contributed by atoms with E-state index in [9.17, 15) is 9.59 Å². The maximum absolute atomic E-state index is 12.9. The molecule has 13 heteroatoms. The van der Waals surface area contributed by atoms with E-state index in [1.807, 2.05) is 42.2 Å². The summed E-state index contributed by atoms with van der Waals surface area (Å²) in [6, 6.07) is 11.3. The number of methoxy groups -OCH3 is 1. The van der Waals surface area contributed by atoms with Crippen molar-refractivity contribution in [2.75, 3.05) is 54.1 Å². The van der Waals surface area contributed by atoms with Crippen LogP contribution in [0.25, 0.3) is 11.3 Å². The quantitative estimate of drug-likeness (QED) is 0.240. The molecule has 1 saturated heterocycles. The fourth-order valence-electron chi connectivity index (χ4n) is 5.19. The third-order valence-electron chi connectivity index (χ3n) is 7.43. The van der Waals surface area contributed by atoms with Crippen LogP contribution in [0.1, 0.15) is 15.2 Å². The third-order valence-corrected chi connectivity index (χ3v) is 8.65. The van der Waals surface area contributed by atoms with Gasteiger partial charge in [0.2, 0.25) is 5.91 Å². The van der Waals surface area contributed by atoms with Gasteiger partial charge in [0.05, 0.1) is 41.4 Å². The second-order valence-corrected chi connectivity index (χ2v) is 11.5. The van der Waals surface area contributed by atoms with Gasteiger partial charge in [-0.05, 0) is 42.8 Å². The predicted molar refractivity (Wildman–Crippen MR) is 170 cm³/mol. The van der Waals surface area contributed by atoms with Crippen LogP contribution in [0, 0.1) is 6.92 Å². The smallest absolute Gasteiger partial charge is 0.267 e. The molecule has 0 radical (unpaired) electrons. The lowest BCUT2D eigenvalue weighted by Crippen LogP contribution is -2.58. The molecule has 2 aliphatic rings. The first-order valence-corrected chi connectivity index (χ1v) is 14.8. The number of pyridine rings is 2. The fraction of sp³-hybridized carbons (Fsp3) is 0.233. The number of hydrogen-bond acceptors (Lipinski definition) is 10. The van der Waals surface area contributed by atoms with Gasteiger partial charge in [-0.25, -0.2) is 15.0 Å². The number of fused-ring (bicyclic) bond motifs is 3. The highest BCUT2D eigenvalue weighted by Gasteiger charge is 2.34. The number of rotatable bonds is 7. The van der Waals surface area contributed by atoms with Crippen molar-refractivity contribution in [1.82, 2.24) is 19.9 Å². The van der Waals surface area contributed by atoms with E-state index in [0.29, 0.717) is 64.2 Å². The number of benzene rings is 1. The third kappa shape index (κ3) is 5.71. The monoisotopic (exact) mass is 616 g/mol. The lowest BCUT2D eigenvalue weighted by Gasteiger charge is -2.45. The molecule has 0 spiro atoms. The van der Waals surface area contributed by atoms with Crippen LogP contribution in [0.2, 0.25) is 5.02 Å². The van der Waals surface area contributed by atoms with Crippen LogP contribution < -0.4 is 25.6 Å². The molecule has 6 rings (SSSR count). The van der Waals surface area contributed by atoms with E-state index >= 15 is 0 Å². The predicted octanol–water partition coefficient (Wildman–Crippen LogP) is 5.20. The molecule has 2 aliphatic heterocycles. The molecule has 0 aliphatic carbocycles. The van der Waals surface area contributed by atoms with Crippen LogP contribution >= 0.6 is 22.9 Å². The number of nitrogens with one attached hydrogen (secondary N) is 3. The first kappa shape index (κ1) is 28.4. The molecular formula is C30H29ClN8O3S. The van der Waals surface area contributed by atoms with Gasteiger partial charge < -0.3 is 30.5 Å². The molecule has 3 aromatic heterocycles. The molecule has 3 N–H and O–H groups in total. The SMILES string of the molecule is C=CC(=O)N1CCN2c3ncc(-c4ccc(OC)c(Nc5ncc(C(=O)Nc6c(C)cccc6Cl)s5)n4)cc3NCC2C1. The summed E-state index contributed by atoms with van der Waals surface area (Å²) in [7, 11) is 1.57. The molecule has 1 atom stereocenters. The number of halogens is 1. The Balaban J connectivity index is 1.20. The molecule has 1 fully saturated rings. The van der Waals surface area contributed by atoms with E-state index in [4.69, 9.17) is 26.3 Å². The Kier molecular flexibility index (Phi) is 7.87. The molecule has 4 aromatic rings. The van der Waals surface area contributed by atoms with E-state index in [1.54, 1.807) is 19.4 Å². The number of carbonyl (C=O) groups excluding carboxylic acids is 2. The minimum atomic E-state index is -0.306. The summed E-state index contributed by atoms with van der Waals surface area (Å²) in [6.07, 6.45) is 4.66. The zero-order chi connectivity index (χ0) is 30.1. The van der Waals surface area contributed by atoms with Crippen molar-refractivity contribution in [2.45, 2.75) is 13.0 Å². The van der Waals surface area contributed by atoms with Gasteiger partial charge in [0.15, 0.2) is 22.5 Å². The Bertz CT molecular complexity index is 1710. The molecule has 0 saturated carbocycles. The van der Waals surface area contributed by atoms with Crippen molar-refractivity contribution in [1.29, 1.82) is 0 Å². The number of anilines is 5. The Morgan fingerprint density at radius 1 is 1.21 bits per heavy atom. The van der Waals surface area contributed by atoms with Gasteiger partial charge in [-0.1, -0.05) is 41.6 Å². The highest BCUT2D eigenvalue weighted by Crippen LogP contribution is 2.36. The van der Waals surface area contributed by atoms with Crippen molar-refractivity contribution < 1.29 is 14.3 Å². The molecule has 11 nitrogen and oxygen atoms in total. The van der Waals surface area contributed by atoms with E-state index in [-0.39, 0.29) is 17.9 Å². The van der Waals surface area contributed by atoms with Crippen molar-refractivity contribution in [3.63, 3.8) is 0 Å². The lowest BCUT2D eigenvalue weighted by molar-refractivity contribution is -0.126. The number of para-hydroxylation sites is 1. The number of hydrogen-bond donors (Lipinski definition) is 3. The number of ether oxygens (including phenoxy) is 1. The zero-order valence-electron chi connectivity index (χ0n) is 23.6. The number of aryl methyl sites for hydroxylation is 1. The Labute approximate surface area is 257 Å². The largest absolute Gasteiger partial charge is 0.493 e. The Hall–Kier alpha value is -4.68. The standard InChI is InChI=1S/C30H29ClN8O3S/c1-4-25(40)38-10-11-39-19(16-38)14-32-22-12-18(13-33-28(22)39)21-8-9-23(42-3)27(35-21)37-30-34-15-24(43-30)29(41)36-26-17(2)6-5-7-20(26)31/h4-9,12-13,15,19,32H,1,10-11,14,16H2,2-3H3,(H,36,41)(H,34,35,37). The maximum Gasteiger partial charge on any atom is 0.267 e. The molecule has 1 unspecified atom stereocenters. The molecule has 43 heavy (non-hydrogen) atoms. The minimum Gasteiger partial charge on any atom is -0.493 e. The van der Waals surface area contributed by atoms with E-state index in [2.05, 4.69) is 32.4 Å². The summed E-state index contributed by atoms with van der Waals surface area (Å²) < 4.78 is 5.54. The fourth-order valence-corrected chi connectivity index (χ4v) is 6.17. The van der Waals surface area contributed by atoms with Crippen LogP contribution in [0.4, 0.5) is 28.1 Å². The van der Waals surface area contributed by atoms with E-state index < -0.39 is 0 Å². The summed E-state index contributed by atoms with van der Waals surface area (Å²) in [6.45, 7) is 8.13. The van der Waals surface area contributed by atoms with Gasteiger partial charge in [-0.15, -0.1) is 0 Å². The van der Waals surface area contributed by atoms with Gasteiger partial charge >= 0.3 is 0 Å². The number of nitrogens with zero attached hydrogens (tertiary/aromatic N) is 5. The van der Waals surface area contributed by atoms with Crippen LogP contribution in [0.15, 0.2) is 61.4 Å². The first-order chi connectivity index (χ1) is 20.8. The lowest BCUT2D eigenvalue weighted by atomic mass is 10.1. The Morgan fingerprint density at radius 2 is 2.07 bits per heavy atom. The van der Waals surface area contributed by atoms with Crippen LogP contribution in [0.3, 0.4) is 0 Å². The average molecular weight is 617 g/mol. The number of carbonyl (C=O) groups is 2. The van der Waals surface area contributed by atoms with Gasteiger partial charge in [0.25, 0.3) is 5.91 Å². The highest BCUT2D eigenvalue weighted by molar-refractivity contribution is 7.17. The molecule has 1 aromatic carbocycles. The second-order valence-electron chi connectivity index (χ2n) is 10.1. The van der Waals surface area contributed by atoms with Crippen molar-refractivity contribution in [3.05, 3.63) is 76.9 Å². The van der Waals surface area contributed by atoms with Gasteiger partial charge in [0, 0.05) is 37.9 Å². The Morgan fingerprint density at radius 3 is 2.86 bits per heavy atom. The number of aromatic nitrogens is 3. The molecule has 220 valence electrons. The maximum atomic E-state index is 12.9. The summed E-state index contributed by atoms with van der Waals surface area (Å²) >= 11 is 7.46. The minimum absolute atomic E-state index is 0.0480. The first-order valence-electron chi connectivity index (χ1n) is 13.6. The van der Waals surface area contributed by atoms with Crippen molar-refractivity contribution >= 4 is 62.9 Å². The molecule has 5 heterocycles. The number of piperazine rings is 1. The van der Waals surface area contributed by atoms with Gasteiger partial charge in [-0.2, -0.15) is 0 Å². The van der Waals surface area contributed by atoms with Crippen LogP contribution in [-0.4, -0.2) is 71.0 Å². The van der Waals surface area contributed by atoms with Crippen molar-refractivity contribution in [3.8, 4) is 17.0 Å². The van der Waals surface area contributed by atoms with Crippen molar-refractivity contribution in [2.24, 2.45) is 0 Å².